The van der Waals surface area contributed by atoms with Crippen LogP contribution in [0.15, 0.2) is 47.3 Å². The molecule has 1 unspecified atom stereocenters. The molecule has 1 spiro atoms. The highest BCUT2D eigenvalue weighted by atomic mass is 32.2. The van der Waals surface area contributed by atoms with E-state index in [-0.39, 0.29) is 42.0 Å². The van der Waals surface area contributed by atoms with E-state index >= 15 is 0 Å². The summed E-state index contributed by atoms with van der Waals surface area (Å²) in [6.07, 6.45) is 15.3. The molecule has 312 valence electrons. The van der Waals surface area contributed by atoms with Crippen molar-refractivity contribution in [2.24, 2.45) is 11.8 Å². The molecule has 0 radical (unpaired) electrons. The van der Waals surface area contributed by atoms with Crippen LogP contribution in [0.3, 0.4) is 0 Å². The van der Waals surface area contributed by atoms with Crippen LogP contribution in [0.2, 0.25) is 0 Å². The molecule has 0 aromatic heterocycles. The second-order valence-corrected chi connectivity index (χ2v) is 18.6. The van der Waals surface area contributed by atoms with Gasteiger partial charge in [0.2, 0.25) is 29.4 Å². The van der Waals surface area contributed by atoms with Crippen LogP contribution in [0.1, 0.15) is 98.8 Å². The fourth-order valence-electron chi connectivity index (χ4n) is 7.58. The normalized spacial score (nSPS) is 21.3. The van der Waals surface area contributed by atoms with E-state index in [1.807, 2.05) is 26.0 Å². The van der Waals surface area contributed by atoms with Crippen molar-refractivity contribution in [3.63, 3.8) is 0 Å². The molecule has 3 fully saturated rings. The molecule has 2 aliphatic carbocycles. The van der Waals surface area contributed by atoms with Crippen molar-refractivity contribution in [1.29, 1.82) is 0 Å². The molecule has 4 rings (SSSR count). The lowest BCUT2D eigenvalue weighted by Crippen LogP contribution is -2.58. The molecule has 0 aromatic carbocycles. The van der Waals surface area contributed by atoms with Gasteiger partial charge >= 0.3 is 0 Å². The van der Waals surface area contributed by atoms with Crippen LogP contribution in [0.25, 0.3) is 0 Å². The molecule has 2 heterocycles. The Hall–Kier alpha value is -4.18. The van der Waals surface area contributed by atoms with Crippen molar-refractivity contribution < 1.29 is 38.4 Å². The number of hydrogen-bond acceptors (Lipinski definition) is 10. The number of rotatable bonds is 16. The van der Waals surface area contributed by atoms with Crippen molar-refractivity contribution in [2.45, 2.75) is 121 Å². The Morgan fingerprint density at radius 2 is 1.61 bits per heavy atom. The SMILES string of the molecule is CCCC(NC(=O)[C@@H]1CC2(CN1C(=O)[C@@H](NC(=O)/C(=C/C(C)C)NC(C)=O)C1CCCCC1)SCCCS2)C(=O)C(=O)NCC(=O)NC(C(C)=O)=C1C=CC=CC1. The third-order valence-electron chi connectivity index (χ3n) is 10.3. The molecule has 0 bridgehead atoms. The minimum Gasteiger partial charge on any atom is -0.344 e. The molecule has 0 aromatic rings. The second kappa shape index (κ2) is 21.5. The summed E-state index contributed by atoms with van der Waals surface area (Å²) in [5.41, 5.74) is 0.775. The molecule has 57 heavy (non-hydrogen) atoms. The largest absolute Gasteiger partial charge is 0.344 e. The molecule has 1 saturated carbocycles. The zero-order valence-corrected chi connectivity index (χ0v) is 35.3. The summed E-state index contributed by atoms with van der Waals surface area (Å²) in [7, 11) is 0. The monoisotopic (exact) mass is 826 g/mol. The summed E-state index contributed by atoms with van der Waals surface area (Å²) < 4.78 is -0.470. The number of ketones is 2. The van der Waals surface area contributed by atoms with Gasteiger partial charge in [-0.2, -0.15) is 0 Å². The summed E-state index contributed by atoms with van der Waals surface area (Å²) in [4.78, 5) is 108. The highest BCUT2D eigenvalue weighted by Crippen LogP contribution is 2.50. The third kappa shape index (κ3) is 12.9. The molecular weight excluding hydrogens is 769 g/mol. The van der Waals surface area contributed by atoms with Gasteiger partial charge in [0.1, 0.15) is 17.8 Å². The number of Topliss-reactive ketones (excluding diaryl/α,β-unsaturated/α-hetero) is 2. The van der Waals surface area contributed by atoms with Gasteiger partial charge in [0.05, 0.1) is 22.4 Å². The van der Waals surface area contributed by atoms with Crippen LogP contribution in [0.4, 0.5) is 0 Å². The first kappa shape index (κ1) is 45.5. The van der Waals surface area contributed by atoms with E-state index in [2.05, 4.69) is 26.6 Å². The fourth-order valence-corrected chi connectivity index (χ4v) is 10.9. The Morgan fingerprint density at radius 1 is 0.912 bits per heavy atom. The van der Waals surface area contributed by atoms with Crippen molar-refractivity contribution in [3.8, 4) is 0 Å². The van der Waals surface area contributed by atoms with Gasteiger partial charge in [-0.3, -0.25) is 38.4 Å². The molecule has 5 N–H and O–H groups in total. The quantitative estimate of drug-likeness (QED) is 0.114. The van der Waals surface area contributed by atoms with E-state index in [4.69, 9.17) is 0 Å². The molecule has 6 amide bonds. The van der Waals surface area contributed by atoms with Crippen molar-refractivity contribution >= 4 is 70.5 Å². The zero-order valence-electron chi connectivity index (χ0n) is 33.7. The lowest BCUT2D eigenvalue weighted by atomic mass is 9.83. The van der Waals surface area contributed by atoms with E-state index in [0.717, 1.165) is 37.2 Å². The standard InChI is InChI=1S/C41H58N6O8S2/c1-6-14-30(36(51)39(54)42-23-33(50)45-34(26(4)48)28-15-9-7-10-16-28)44-38(53)32-22-41(56-19-13-20-57-41)24-47(32)40(55)35(29-17-11-8-12-18-29)46-37(52)31(21-25(2)3)43-27(5)49/h7,9-10,15,21,25,29-30,32,35H,6,8,11-14,16-20,22-24H2,1-5H3,(H,42,54)(H,43,49)(H,44,53)(H,45,50)(H,46,52)/b31-21-,34-28?/t30?,32-,35-/m0/s1. The number of allylic oxidation sites excluding steroid dienone is 7. The Balaban J connectivity index is 1.53. The van der Waals surface area contributed by atoms with Crippen LogP contribution in [-0.2, 0) is 38.4 Å². The molecule has 16 heteroatoms. The minimum absolute atomic E-state index is 0.0588. The average molecular weight is 827 g/mol. The molecule has 2 aliphatic heterocycles. The van der Waals surface area contributed by atoms with E-state index in [1.54, 1.807) is 53.6 Å². The van der Waals surface area contributed by atoms with Gasteiger partial charge in [-0.15, -0.1) is 23.5 Å². The summed E-state index contributed by atoms with van der Waals surface area (Å²) in [5, 5.41) is 13.2. The number of hydrogen-bond donors (Lipinski definition) is 5. The van der Waals surface area contributed by atoms with Gasteiger partial charge in [-0.25, -0.2) is 0 Å². The van der Waals surface area contributed by atoms with Gasteiger partial charge in [-0.1, -0.05) is 76.8 Å². The summed E-state index contributed by atoms with van der Waals surface area (Å²) in [6, 6.07) is -3.17. The zero-order chi connectivity index (χ0) is 41.7. The molecule has 14 nitrogen and oxygen atoms in total. The Kier molecular flexibility index (Phi) is 17.2. The highest BCUT2D eigenvalue weighted by molar-refractivity contribution is 8.18. The highest BCUT2D eigenvalue weighted by Gasteiger charge is 2.52. The topological polar surface area (TPSA) is 200 Å². The van der Waals surface area contributed by atoms with Crippen molar-refractivity contribution in [2.75, 3.05) is 24.6 Å². The number of carbonyl (C=O) groups excluding carboxylic acids is 8. The van der Waals surface area contributed by atoms with E-state index in [9.17, 15) is 38.4 Å². The summed E-state index contributed by atoms with van der Waals surface area (Å²) >= 11 is 3.41. The number of nitrogens with zero attached hydrogens (tertiary/aromatic N) is 1. The van der Waals surface area contributed by atoms with E-state index in [0.29, 0.717) is 37.7 Å². The fraction of sp³-hybridized carbons (Fsp3) is 0.610. The first-order valence-electron chi connectivity index (χ1n) is 20.0. The smallest absolute Gasteiger partial charge is 0.290 e. The van der Waals surface area contributed by atoms with Gasteiger partial charge in [0, 0.05) is 26.8 Å². The second-order valence-electron chi connectivity index (χ2n) is 15.4. The Labute approximate surface area is 344 Å². The number of nitrogens with one attached hydrogen (secondary N) is 5. The van der Waals surface area contributed by atoms with Gasteiger partial charge in [0.25, 0.3) is 11.8 Å². The minimum atomic E-state index is -1.23. The first-order valence-corrected chi connectivity index (χ1v) is 22.0. The molecule has 2 saturated heterocycles. The molecule has 3 atom stereocenters. The third-order valence-corrected chi connectivity index (χ3v) is 13.6. The summed E-state index contributed by atoms with van der Waals surface area (Å²) in [6.45, 7) is 7.87. The van der Waals surface area contributed by atoms with Gasteiger partial charge < -0.3 is 31.5 Å². The Morgan fingerprint density at radius 3 is 2.21 bits per heavy atom. The number of carbonyl (C=O) groups is 8. The number of amides is 6. The molecular formula is C41H58N6O8S2. The first-order chi connectivity index (χ1) is 27.1. The predicted octanol–water partition coefficient (Wildman–Crippen LogP) is 3.34. The lowest BCUT2D eigenvalue weighted by Gasteiger charge is -2.36. The van der Waals surface area contributed by atoms with Crippen LogP contribution in [0.5, 0.6) is 0 Å². The van der Waals surface area contributed by atoms with Crippen LogP contribution < -0.4 is 26.6 Å². The average Bonchev–Trinajstić information content (AvgIpc) is 3.55. The maximum atomic E-state index is 14.8. The van der Waals surface area contributed by atoms with Crippen LogP contribution in [-0.4, -0.2) is 98.7 Å². The summed E-state index contributed by atoms with van der Waals surface area (Å²) in [5.74, 6) is -3.57. The number of thioether (sulfide) groups is 2. The Bertz CT molecular complexity index is 1690. The molecule has 4 aliphatic rings. The van der Waals surface area contributed by atoms with Crippen LogP contribution >= 0.6 is 23.5 Å². The van der Waals surface area contributed by atoms with E-state index < -0.39 is 70.0 Å². The number of likely N-dealkylation sites (tertiary alicyclic amines) is 1. The predicted molar refractivity (Wildman–Crippen MR) is 221 cm³/mol. The van der Waals surface area contributed by atoms with Crippen molar-refractivity contribution in [1.82, 2.24) is 31.5 Å². The maximum absolute atomic E-state index is 14.8. The van der Waals surface area contributed by atoms with Gasteiger partial charge in [0.15, 0.2) is 5.78 Å². The van der Waals surface area contributed by atoms with Crippen LogP contribution in [0, 0.1) is 11.8 Å². The van der Waals surface area contributed by atoms with Gasteiger partial charge in [-0.05, 0) is 61.0 Å². The van der Waals surface area contributed by atoms with E-state index in [1.165, 1.54) is 13.8 Å². The van der Waals surface area contributed by atoms with Crippen molar-refractivity contribution in [3.05, 3.63) is 47.3 Å². The lowest BCUT2D eigenvalue weighted by molar-refractivity contribution is -0.144. The maximum Gasteiger partial charge on any atom is 0.290 e.